The smallest absolute Gasteiger partial charge is 0.407 e. The highest BCUT2D eigenvalue weighted by molar-refractivity contribution is 7.92. The fraction of sp³-hybridized carbons (Fsp3) is 0.391. The second-order valence-electron chi connectivity index (χ2n) is 9.32. The Morgan fingerprint density at radius 3 is 2.54 bits per heavy atom. The number of nitrogens with one attached hydrogen (secondary N) is 3. The molecule has 0 aliphatic carbocycles. The minimum Gasteiger partial charge on any atom is -0.453 e. The molecule has 0 aliphatic rings. The van der Waals surface area contributed by atoms with Crippen LogP contribution >= 0.6 is 34.5 Å². The van der Waals surface area contributed by atoms with Crippen LogP contribution in [0.5, 0.6) is 0 Å². The topological polar surface area (TPSA) is 135 Å². The molecule has 2 aromatic heterocycles. The molecule has 1 amide bonds. The normalized spacial score (nSPS) is 12.6. The zero-order valence-electron chi connectivity index (χ0n) is 21.1. The lowest BCUT2D eigenvalue weighted by atomic mass is 9.98. The van der Waals surface area contributed by atoms with E-state index in [4.69, 9.17) is 28.2 Å². The summed E-state index contributed by atoms with van der Waals surface area (Å²) in [4.78, 5) is 25.9. The number of thiazole rings is 1. The Labute approximate surface area is 230 Å². The lowest BCUT2D eigenvalue weighted by Gasteiger charge is -2.14. The molecule has 3 rings (SSSR count). The van der Waals surface area contributed by atoms with Crippen molar-refractivity contribution in [3.63, 3.8) is 0 Å². The van der Waals surface area contributed by atoms with Crippen molar-refractivity contribution in [1.82, 2.24) is 20.3 Å². The second-order valence-corrected chi connectivity index (χ2v) is 12.9. The number of sulfonamides is 1. The molecule has 14 heteroatoms. The monoisotopic (exact) mass is 586 g/mol. The van der Waals surface area contributed by atoms with Crippen LogP contribution in [-0.2, 0) is 20.2 Å². The van der Waals surface area contributed by atoms with Crippen molar-refractivity contribution < 1.29 is 17.9 Å². The summed E-state index contributed by atoms with van der Waals surface area (Å²) >= 11 is 14.5. The second kappa shape index (κ2) is 11.4. The van der Waals surface area contributed by atoms with E-state index in [1.807, 2.05) is 27.7 Å². The summed E-state index contributed by atoms with van der Waals surface area (Å²) in [5, 5.41) is 7.05. The molecule has 37 heavy (non-hydrogen) atoms. The van der Waals surface area contributed by atoms with E-state index in [2.05, 4.69) is 30.1 Å². The number of ether oxygens (including phenoxy) is 1. The molecule has 0 saturated carbocycles. The Bertz CT molecular complexity index is 1410. The predicted molar refractivity (Wildman–Crippen MR) is 149 cm³/mol. The molecule has 10 nitrogen and oxygen atoms in total. The van der Waals surface area contributed by atoms with Crippen molar-refractivity contribution in [2.75, 3.05) is 29.9 Å². The lowest BCUT2D eigenvalue weighted by molar-refractivity contribution is 0.168. The first-order valence-electron chi connectivity index (χ1n) is 11.1. The van der Waals surface area contributed by atoms with E-state index in [9.17, 15) is 13.2 Å². The SMILES string of the molecule is COC(=O)N[C@@H](C)CNc1nccc(-c2sc(C(C)(C)C)nc2-c2cc(Cl)cc(NS(C)(=O)=O)c2Cl)n1. The van der Waals surface area contributed by atoms with E-state index in [0.717, 1.165) is 11.3 Å². The molecule has 0 unspecified atom stereocenters. The number of anilines is 2. The fourth-order valence-corrected chi connectivity index (χ4v) is 5.35. The summed E-state index contributed by atoms with van der Waals surface area (Å²) in [6.45, 7) is 8.30. The first-order chi connectivity index (χ1) is 17.2. The van der Waals surface area contributed by atoms with E-state index in [0.29, 0.717) is 39.3 Å². The molecule has 0 aliphatic heterocycles. The maximum absolute atomic E-state index is 11.9. The van der Waals surface area contributed by atoms with Crippen LogP contribution in [0.3, 0.4) is 0 Å². The number of hydrogen-bond acceptors (Lipinski definition) is 9. The molecular formula is C23H28Cl2N6O4S2. The average molecular weight is 588 g/mol. The van der Waals surface area contributed by atoms with Crippen LogP contribution in [0, 0.1) is 0 Å². The van der Waals surface area contributed by atoms with Gasteiger partial charge in [0.15, 0.2) is 0 Å². The van der Waals surface area contributed by atoms with Crippen molar-refractivity contribution in [2.24, 2.45) is 0 Å². The van der Waals surface area contributed by atoms with Gasteiger partial charge >= 0.3 is 6.09 Å². The van der Waals surface area contributed by atoms with E-state index in [-0.39, 0.29) is 22.2 Å². The number of methoxy groups -OCH3 is 1. The van der Waals surface area contributed by atoms with Gasteiger partial charge in [0, 0.05) is 34.8 Å². The minimum absolute atomic E-state index is 0.153. The van der Waals surface area contributed by atoms with Crippen LogP contribution in [0.15, 0.2) is 24.4 Å². The number of halogens is 2. The van der Waals surface area contributed by atoms with Gasteiger partial charge in [-0.25, -0.2) is 28.2 Å². The van der Waals surface area contributed by atoms with E-state index < -0.39 is 16.1 Å². The molecular weight excluding hydrogens is 559 g/mol. The van der Waals surface area contributed by atoms with Crippen molar-refractivity contribution in [2.45, 2.75) is 39.2 Å². The summed E-state index contributed by atoms with van der Waals surface area (Å²) in [7, 11) is -2.30. The van der Waals surface area contributed by atoms with Gasteiger partial charge < -0.3 is 15.4 Å². The van der Waals surface area contributed by atoms with Gasteiger partial charge in [-0.1, -0.05) is 44.0 Å². The number of nitrogens with zero attached hydrogens (tertiary/aromatic N) is 3. The summed E-state index contributed by atoms with van der Waals surface area (Å²) < 4.78 is 30.8. The van der Waals surface area contributed by atoms with E-state index in [1.165, 1.54) is 24.5 Å². The molecule has 2 heterocycles. The van der Waals surface area contributed by atoms with Crippen molar-refractivity contribution in [1.29, 1.82) is 0 Å². The minimum atomic E-state index is -3.60. The Kier molecular flexibility index (Phi) is 8.89. The van der Waals surface area contributed by atoms with Crippen molar-refractivity contribution in [3.05, 3.63) is 39.4 Å². The van der Waals surface area contributed by atoms with Crippen LogP contribution < -0.4 is 15.4 Å². The lowest BCUT2D eigenvalue weighted by Crippen LogP contribution is -2.37. The number of alkyl carbamates (subject to hydrolysis) is 1. The van der Waals surface area contributed by atoms with Gasteiger partial charge in [0.1, 0.15) is 0 Å². The zero-order valence-corrected chi connectivity index (χ0v) is 24.3. The largest absolute Gasteiger partial charge is 0.453 e. The van der Waals surface area contributed by atoms with Gasteiger partial charge in [0.05, 0.1) is 45.3 Å². The third-order valence-corrected chi connectivity index (χ3v) is 7.58. The van der Waals surface area contributed by atoms with Gasteiger partial charge in [0.2, 0.25) is 16.0 Å². The van der Waals surface area contributed by atoms with E-state index >= 15 is 0 Å². The maximum atomic E-state index is 11.9. The molecule has 0 bridgehead atoms. The maximum Gasteiger partial charge on any atom is 0.407 e. The number of rotatable bonds is 8. The highest BCUT2D eigenvalue weighted by Gasteiger charge is 2.26. The Balaban J connectivity index is 2.07. The van der Waals surface area contributed by atoms with Gasteiger partial charge in [-0.2, -0.15) is 0 Å². The first-order valence-corrected chi connectivity index (χ1v) is 14.5. The molecule has 3 aromatic rings. The molecule has 200 valence electrons. The van der Waals surface area contributed by atoms with Crippen LogP contribution in [0.25, 0.3) is 21.8 Å². The average Bonchev–Trinajstić information content (AvgIpc) is 3.25. The summed E-state index contributed by atoms with van der Waals surface area (Å²) in [5.74, 6) is 0.351. The van der Waals surface area contributed by atoms with Crippen molar-refractivity contribution in [3.8, 4) is 21.8 Å². The van der Waals surface area contributed by atoms with Crippen molar-refractivity contribution >= 4 is 62.3 Å². The van der Waals surface area contributed by atoms with Gasteiger partial charge in [-0.3, -0.25) is 4.72 Å². The summed E-state index contributed by atoms with van der Waals surface area (Å²) in [5.41, 5.74) is 1.44. The van der Waals surface area contributed by atoms with Gasteiger partial charge in [0.25, 0.3) is 0 Å². The quantitative estimate of drug-likeness (QED) is 0.319. The Morgan fingerprint density at radius 1 is 1.22 bits per heavy atom. The van der Waals surface area contributed by atoms with Gasteiger partial charge in [-0.15, -0.1) is 11.3 Å². The predicted octanol–water partition coefficient (Wildman–Crippen LogP) is 5.40. The highest BCUT2D eigenvalue weighted by atomic mass is 35.5. The van der Waals surface area contributed by atoms with Gasteiger partial charge in [-0.05, 0) is 25.1 Å². The molecule has 1 aromatic carbocycles. The molecule has 1 atom stereocenters. The third-order valence-electron chi connectivity index (χ3n) is 4.86. The number of hydrogen-bond donors (Lipinski definition) is 3. The van der Waals surface area contributed by atoms with Crippen LogP contribution in [-0.4, -0.2) is 55.4 Å². The van der Waals surface area contributed by atoms with Crippen LogP contribution in [0.4, 0.5) is 16.4 Å². The summed E-state index contributed by atoms with van der Waals surface area (Å²) in [6, 6.07) is 4.60. The molecule has 0 spiro atoms. The molecule has 0 radical (unpaired) electrons. The Morgan fingerprint density at radius 2 is 1.92 bits per heavy atom. The number of amides is 1. The zero-order chi connectivity index (χ0) is 27.5. The number of carbonyl (C=O) groups excluding carboxylic acids is 1. The standard InChI is InChI=1S/C23H28Cl2N6O4S2/c1-12(28-22(32)35-5)11-27-21-26-8-7-15(29-21)19-18(30-20(36-19)23(2,3)4)14-9-13(24)10-16(17(14)25)31-37(6,33)34/h7-10,12,31H,11H2,1-6H3,(H,28,32)(H,26,27,29)/t12-/m0/s1. The number of benzene rings is 1. The third kappa shape index (κ3) is 7.67. The summed E-state index contributed by atoms with van der Waals surface area (Å²) in [6.07, 6.45) is 2.11. The molecule has 0 saturated heterocycles. The fourth-order valence-electron chi connectivity index (χ4n) is 3.16. The van der Waals surface area contributed by atoms with E-state index in [1.54, 1.807) is 18.3 Å². The molecule has 0 fully saturated rings. The number of aromatic nitrogens is 3. The first kappa shape index (κ1) is 28.9. The number of carbonyl (C=O) groups is 1. The molecule has 3 N–H and O–H groups in total. The highest BCUT2D eigenvalue weighted by Crippen LogP contribution is 2.45. The van der Waals surface area contributed by atoms with Crippen LogP contribution in [0.1, 0.15) is 32.7 Å². The Hall–Kier alpha value is -2.67. The van der Waals surface area contributed by atoms with Crippen LogP contribution in [0.2, 0.25) is 10.0 Å².